The van der Waals surface area contributed by atoms with Gasteiger partial charge < -0.3 is 0 Å². The van der Waals surface area contributed by atoms with E-state index in [9.17, 15) is 4.39 Å². The maximum absolute atomic E-state index is 13.6. The van der Waals surface area contributed by atoms with Crippen molar-refractivity contribution in [2.45, 2.75) is 103 Å². The standard InChI is InChI=1S/C31H45F/c1-2-3-4-5-22-6-8-23(9-7-22)24-10-11-26-19-27(13-12-25(26)18-24)28-14-15-30-21-31(32)17-16-29(30)20-28/h2-3,16-17,21-28H,4-15,18-20H2,1H3/b3-2+. The van der Waals surface area contributed by atoms with Gasteiger partial charge in [-0.2, -0.15) is 0 Å². The predicted molar refractivity (Wildman–Crippen MR) is 133 cm³/mol. The molecule has 5 rings (SSSR count). The molecule has 0 N–H and O–H groups in total. The Hall–Kier alpha value is -1.11. The van der Waals surface area contributed by atoms with Gasteiger partial charge in [-0.1, -0.05) is 31.1 Å². The zero-order valence-electron chi connectivity index (χ0n) is 20.4. The Balaban J connectivity index is 1.09. The largest absolute Gasteiger partial charge is 0.207 e. The molecule has 0 heterocycles. The van der Waals surface area contributed by atoms with Gasteiger partial charge in [-0.3, -0.25) is 0 Å². The topological polar surface area (TPSA) is 0 Å². The van der Waals surface area contributed by atoms with Gasteiger partial charge in [0.2, 0.25) is 0 Å². The van der Waals surface area contributed by atoms with Gasteiger partial charge in [0.05, 0.1) is 0 Å². The first-order valence-corrected chi connectivity index (χ1v) is 14.1. The van der Waals surface area contributed by atoms with Crippen LogP contribution in [0.25, 0.3) is 0 Å². The molecule has 3 fully saturated rings. The van der Waals surface area contributed by atoms with Crippen LogP contribution in [0.5, 0.6) is 0 Å². The molecule has 3 saturated carbocycles. The van der Waals surface area contributed by atoms with E-state index in [-0.39, 0.29) is 5.82 Å². The van der Waals surface area contributed by atoms with E-state index in [0.717, 1.165) is 47.8 Å². The normalized spacial score (nSPS) is 37.8. The Morgan fingerprint density at radius 3 is 2.06 bits per heavy atom. The van der Waals surface area contributed by atoms with E-state index in [2.05, 4.69) is 25.1 Å². The van der Waals surface area contributed by atoms with E-state index in [1.807, 2.05) is 0 Å². The second kappa shape index (κ2) is 10.4. The van der Waals surface area contributed by atoms with E-state index in [4.69, 9.17) is 0 Å². The molecule has 0 amide bonds. The van der Waals surface area contributed by atoms with Crippen LogP contribution in [0.1, 0.15) is 102 Å². The van der Waals surface area contributed by atoms with Crippen molar-refractivity contribution in [1.29, 1.82) is 0 Å². The molecule has 0 saturated heterocycles. The van der Waals surface area contributed by atoms with Crippen molar-refractivity contribution in [2.24, 2.45) is 41.4 Å². The molecular formula is C31H45F. The molecule has 4 aliphatic rings. The molecular weight excluding hydrogens is 391 g/mol. The fourth-order valence-corrected chi connectivity index (χ4v) is 8.42. The lowest BCUT2D eigenvalue weighted by molar-refractivity contribution is 0.0440. The summed E-state index contributed by atoms with van der Waals surface area (Å²) >= 11 is 0. The van der Waals surface area contributed by atoms with Gasteiger partial charge in [0, 0.05) is 0 Å². The zero-order chi connectivity index (χ0) is 21.9. The second-order valence-electron chi connectivity index (χ2n) is 12.0. The minimum atomic E-state index is -0.0541. The van der Waals surface area contributed by atoms with Crippen molar-refractivity contribution in [1.82, 2.24) is 0 Å². The molecule has 4 aliphatic carbocycles. The van der Waals surface area contributed by atoms with E-state index >= 15 is 0 Å². The number of fused-ring (bicyclic) bond motifs is 2. The van der Waals surface area contributed by atoms with Crippen molar-refractivity contribution in [3.05, 3.63) is 47.3 Å². The highest BCUT2D eigenvalue weighted by molar-refractivity contribution is 5.30. The molecule has 0 spiro atoms. The zero-order valence-corrected chi connectivity index (χ0v) is 20.4. The monoisotopic (exact) mass is 436 g/mol. The van der Waals surface area contributed by atoms with Crippen LogP contribution in [-0.2, 0) is 12.8 Å². The maximum Gasteiger partial charge on any atom is 0.123 e. The van der Waals surface area contributed by atoms with Crippen LogP contribution in [-0.4, -0.2) is 0 Å². The summed E-state index contributed by atoms with van der Waals surface area (Å²) in [7, 11) is 0. The number of hydrogen-bond donors (Lipinski definition) is 0. The Bertz CT molecular complexity index is 771. The lowest BCUT2D eigenvalue weighted by Crippen LogP contribution is -2.37. The predicted octanol–water partition coefficient (Wildman–Crippen LogP) is 8.93. The Labute approximate surface area is 196 Å². The van der Waals surface area contributed by atoms with Gasteiger partial charge in [-0.05, 0) is 155 Å². The SMILES string of the molecule is C/C=C/CCC1CCC(C2CCC3CC(C4CCc5cc(F)ccc5C4)CCC3C2)CC1. The minimum absolute atomic E-state index is 0.0541. The van der Waals surface area contributed by atoms with E-state index in [1.54, 1.807) is 18.6 Å². The first kappa shape index (κ1) is 22.7. The van der Waals surface area contributed by atoms with Crippen LogP contribution >= 0.6 is 0 Å². The molecule has 0 nitrogen and oxygen atoms in total. The fraction of sp³-hybridized carbons (Fsp3) is 0.742. The number of benzene rings is 1. The van der Waals surface area contributed by atoms with Gasteiger partial charge in [-0.25, -0.2) is 4.39 Å². The van der Waals surface area contributed by atoms with Crippen LogP contribution < -0.4 is 0 Å². The summed E-state index contributed by atoms with van der Waals surface area (Å²) in [4.78, 5) is 0. The molecule has 0 aliphatic heterocycles. The molecule has 1 aromatic rings. The average Bonchev–Trinajstić information content (AvgIpc) is 2.83. The van der Waals surface area contributed by atoms with E-state index in [0.29, 0.717) is 0 Å². The van der Waals surface area contributed by atoms with Crippen molar-refractivity contribution in [3.63, 3.8) is 0 Å². The number of allylic oxidation sites excluding steroid dienone is 2. The number of aryl methyl sites for hydroxylation is 1. The molecule has 176 valence electrons. The third kappa shape index (κ3) is 5.18. The van der Waals surface area contributed by atoms with Crippen LogP contribution in [0.15, 0.2) is 30.4 Å². The Kier molecular flexibility index (Phi) is 7.39. The second-order valence-corrected chi connectivity index (χ2v) is 12.0. The summed E-state index contributed by atoms with van der Waals surface area (Å²) < 4.78 is 13.6. The third-order valence-electron chi connectivity index (χ3n) is 10.3. The highest BCUT2D eigenvalue weighted by Gasteiger charge is 2.40. The number of hydrogen-bond acceptors (Lipinski definition) is 0. The summed E-state index contributed by atoms with van der Waals surface area (Å²) in [6.45, 7) is 2.15. The van der Waals surface area contributed by atoms with Gasteiger partial charge >= 0.3 is 0 Å². The summed E-state index contributed by atoms with van der Waals surface area (Å²) in [5.41, 5.74) is 2.72. The molecule has 32 heavy (non-hydrogen) atoms. The van der Waals surface area contributed by atoms with Crippen LogP contribution in [0.3, 0.4) is 0 Å². The van der Waals surface area contributed by atoms with Crippen molar-refractivity contribution in [3.8, 4) is 0 Å². The third-order valence-corrected chi connectivity index (χ3v) is 10.3. The highest BCUT2D eigenvalue weighted by Crippen LogP contribution is 2.51. The lowest BCUT2D eigenvalue weighted by Gasteiger charge is -2.47. The Morgan fingerprint density at radius 1 is 0.750 bits per heavy atom. The number of halogens is 1. The molecule has 0 radical (unpaired) electrons. The Morgan fingerprint density at radius 2 is 1.38 bits per heavy atom. The molecule has 5 unspecified atom stereocenters. The van der Waals surface area contributed by atoms with Gasteiger partial charge in [0.15, 0.2) is 0 Å². The van der Waals surface area contributed by atoms with Crippen molar-refractivity contribution < 1.29 is 4.39 Å². The van der Waals surface area contributed by atoms with Crippen molar-refractivity contribution >= 4 is 0 Å². The molecule has 0 bridgehead atoms. The maximum atomic E-state index is 13.6. The van der Waals surface area contributed by atoms with Crippen LogP contribution in [0.4, 0.5) is 4.39 Å². The quantitative estimate of drug-likeness (QED) is 0.404. The van der Waals surface area contributed by atoms with Gasteiger partial charge in [-0.15, -0.1) is 0 Å². The lowest BCUT2D eigenvalue weighted by atomic mass is 9.58. The molecule has 1 heteroatoms. The van der Waals surface area contributed by atoms with Crippen molar-refractivity contribution in [2.75, 3.05) is 0 Å². The average molecular weight is 437 g/mol. The highest BCUT2D eigenvalue weighted by atomic mass is 19.1. The summed E-state index contributed by atoms with van der Waals surface area (Å²) in [5, 5.41) is 0. The molecule has 1 aromatic carbocycles. The number of rotatable bonds is 5. The van der Waals surface area contributed by atoms with E-state index in [1.165, 1.54) is 94.6 Å². The molecule has 0 aromatic heterocycles. The van der Waals surface area contributed by atoms with E-state index < -0.39 is 0 Å². The first-order chi connectivity index (χ1) is 15.7. The first-order valence-electron chi connectivity index (χ1n) is 14.1. The van der Waals surface area contributed by atoms with Crippen LogP contribution in [0, 0.1) is 47.2 Å². The summed E-state index contributed by atoms with van der Waals surface area (Å²) in [6.07, 6.45) is 26.0. The fourth-order valence-electron chi connectivity index (χ4n) is 8.42. The smallest absolute Gasteiger partial charge is 0.123 e. The van der Waals surface area contributed by atoms with Gasteiger partial charge in [0.25, 0.3) is 0 Å². The molecule has 5 atom stereocenters. The summed E-state index contributed by atoms with van der Waals surface area (Å²) in [6, 6.07) is 5.54. The summed E-state index contributed by atoms with van der Waals surface area (Å²) in [5.74, 6) is 6.86. The van der Waals surface area contributed by atoms with Gasteiger partial charge in [0.1, 0.15) is 5.82 Å². The minimum Gasteiger partial charge on any atom is -0.207 e. The van der Waals surface area contributed by atoms with Crippen LogP contribution in [0.2, 0.25) is 0 Å².